The molecule has 10 heteroatoms. The van der Waals surface area contributed by atoms with Gasteiger partial charge in [-0.2, -0.15) is 0 Å². The smallest absolute Gasteiger partial charge is 0.229 e. The number of hydrogen-bond acceptors (Lipinski definition) is 8. The van der Waals surface area contributed by atoms with Crippen LogP contribution in [0, 0.1) is 19.8 Å². The quantitative estimate of drug-likeness (QED) is 0.296. The second-order valence-corrected chi connectivity index (χ2v) is 9.33. The molecule has 0 saturated carbocycles. The Morgan fingerprint density at radius 1 is 0.923 bits per heavy atom. The second-order valence-electron chi connectivity index (χ2n) is 9.33. The van der Waals surface area contributed by atoms with Crippen LogP contribution >= 0.6 is 0 Å². The van der Waals surface area contributed by atoms with E-state index >= 15 is 0 Å². The first-order valence-corrected chi connectivity index (χ1v) is 12.5. The predicted octanol–water partition coefficient (Wildman–Crippen LogP) is 4.98. The van der Waals surface area contributed by atoms with Crippen LogP contribution in [0.15, 0.2) is 72.9 Å². The fourth-order valence-electron chi connectivity index (χ4n) is 4.37. The Morgan fingerprint density at radius 2 is 1.67 bits per heavy atom. The van der Waals surface area contributed by atoms with Gasteiger partial charge in [0.15, 0.2) is 0 Å². The summed E-state index contributed by atoms with van der Waals surface area (Å²) in [6.07, 6.45) is 1.90. The zero-order valence-electron chi connectivity index (χ0n) is 21.9. The lowest BCUT2D eigenvalue weighted by Crippen LogP contribution is -2.28. The number of hydrogen-bond donors (Lipinski definition) is 3. The van der Waals surface area contributed by atoms with Crippen molar-refractivity contribution in [3.05, 3.63) is 84.3 Å². The molecule has 3 N–H and O–H groups in total. The van der Waals surface area contributed by atoms with Crippen molar-refractivity contribution in [1.29, 1.82) is 0 Å². The summed E-state index contributed by atoms with van der Waals surface area (Å²) in [6.45, 7) is 4.14. The molecule has 0 aliphatic carbocycles. The van der Waals surface area contributed by atoms with Gasteiger partial charge in [0.2, 0.25) is 11.8 Å². The molecule has 2 aromatic carbocycles. The Hall–Kier alpha value is -4.99. The molecule has 10 nitrogen and oxygen atoms in total. The minimum absolute atomic E-state index is 0.0878. The minimum Gasteiger partial charge on any atom is -0.497 e. The average Bonchev–Trinajstić information content (AvgIpc) is 3.31. The van der Waals surface area contributed by atoms with E-state index in [0.29, 0.717) is 41.3 Å². The first-order valence-electron chi connectivity index (χ1n) is 12.5. The maximum absolute atomic E-state index is 12.9. The van der Waals surface area contributed by atoms with E-state index in [1.807, 2.05) is 56.3 Å². The second kappa shape index (κ2) is 11.2. The van der Waals surface area contributed by atoms with Crippen LogP contribution in [0.5, 0.6) is 5.75 Å². The summed E-state index contributed by atoms with van der Waals surface area (Å²) in [5, 5.41) is 9.41. The molecule has 2 amide bonds. The molecule has 1 atom stereocenters. The largest absolute Gasteiger partial charge is 0.497 e. The minimum atomic E-state index is -0.445. The lowest BCUT2D eigenvalue weighted by Gasteiger charge is -2.17. The highest BCUT2D eigenvalue weighted by atomic mass is 16.5. The number of benzene rings is 2. The first kappa shape index (κ1) is 25.7. The van der Waals surface area contributed by atoms with Crippen LogP contribution in [-0.2, 0) is 9.59 Å². The molecule has 3 heterocycles. The van der Waals surface area contributed by atoms with Crippen LogP contribution in [0.2, 0.25) is 0 Å². The topological polar surface area (TPSA) is 121 Å². The number of amides is 2. The molecule has 2 aromatic heterocycles. The van der Waals surface area contributed by atoms with E-state index in [0.717, 1.165) is 16.9 Å². The number of nitrogens with one attached hydrogen (secondary N) is 3. The molecule has 1 unspecified atom stereocenters. The van der Waals surface area contributed by atoms with Gasteiger partial charge in [0.25, 0.3) is 0 Å². The number of rotatable bonds is 8. The van der Waals surface area contributed by atoms with Crippen molar-refractivity contribution in [2.24, 2.45) is 5.92 Å². The van der Waals surface area contributed by atoms with Gasteiger partial charge in [-0.05, 0) is 67.9 Å². The van der Waals surface area contributed by atoms with Gasteiger partial charge in [0.1, 0.15) is 29.0 Å². The van der Waals surface area contributed by atoms with Crippen molar-refractivity contribution in [3.63, 3.8) is 0 Å². The number of aromatic nitrogens is 3. The maximum atomic E-state index is 12.9. The van der Waals surface area contributed by atoms with Gasteiger partial charge >= 0.3 is 0 Å². The summed E-state index contributed by atoms with van der Waals surface area (Å²) in [4.78, 5) is 40.4. The zero-order chi connectivity index (χ0) is 27.4. The van der Waals surface area contributed by atoms with E-state index in [-0.39, 0.29) is 18.2 Å². The Balaban J connectivity index is 1.20. The van der Waals surface area contributed by atoms with Gasteiger partial charge in [0.05, 0.1) is 13.0 Å². The molecule has 0 spiro atoms. The molecule has 0 bridgehead atoms. The van der Waals surface area contributed by atoms with Crippen LogP contribution in [-0.4, -0.2) is 40.4 Å². The first-order chi connectivity index (χ1) is 18.9. The van der Waals surface area contributed by atoms with E-state index in [1.54, 1.807) is 42.5 Å². The number of pyridine rings is 1. The van der Waals surface area contributed by atoms with Gasteiger partial charge in [-0.15, -0.1) is 0 Å². The zero-order valence-corrected chi connectivity index (χ0v) is 21.9. The third kappa shape index (κ3) is 6.30. The van der Waals surface area contributed by atoms with Crippen LogP contribution in [0.3, 0.4) is 0 Å². The van der Waals surface area contributed by atoms with Gasteiger partial charge in [-0.25, -0.2) is 15.0 Å². The number of methoxy groups -OCH3 is 1. The van der Waals surface area contributed by atoms with Crippen molar-refractivity contribution >= 4 is 46.3 Å². The third-order valence-corrected chi connectivity index (χ3v) is 6.30. The van der Waals surface area contributed by atoms with Crippen LogP contribution in [0.1, 0.15) is 17.8 Å². The monoisotopic (exact) mass is 523 g/mol. The van der Waals surface area contributed by atoms with E-state index < -0.39 is 5.92 Å². The van der Waals surface area contributed by atoms with Gasteiger partial charge in [-0.3, -0.25) is 9.59 Å². The average molecular weight is 524 g/mol. The van der Waals surface area contributed by atoms with Crippen LogP contribution in [0.4, 0.5) is 34.5 Å². The molecular weight excluding hydrogens is 494 g/mol. The summed E-state index contributed by atoms with van der Waals surface area (Å²) in [5.74, 6) is 2.49. The highest BCUT2D eigenvalue weighted by molar-refractivity contribution is 6.03. The Morgan fingerprint density at radius 3 is 2.41 bits per heavy atom. The summed E-state index contributed by atoms with van der Waals surface area (Å²) < 4.78 is 5.25. The molecule has 1 saturated heterocycles. The van der Waals surface area contributed by atoms with E-state index in [1.165, 1.54) is 0 Å². The lowest BCUT2D eigenvalue weighted by molar-refractivity contribution is -0.122. The van der Waals surface area contributed by atoms with Crippen molar-refractivity contribution < 1.29 is 14.3 Å². The van der Waals surface area contributed by atoms with Crippen LogP contribution < -0.4 is 25.6 Å². The number of aryl methyl sites for hydroxylation is 2. The number of ether oxygens (including phenoxy) is 1. The number of carbonyl (C=O) groups excluding carboxylic acids is 2. The Bertz CT molecular complexity index is 1510. The molecule has 4 aromatic rings. The summed E-state index contributed by atoms with van der Waals surface area (Å²) in [7, 11) is 1.58. The number of carbonyl (C=O) groups is 2. The number of anilines is 6. The van der Waals surface area contributed by atoms with Gasteiger partial charge in [-0.1, -0.05) is 6.07 Å². The van der Waals surface area contributed by atoms with Gasteiger partial charge in [0, 0.05) is 48.4 Å². The maximum Gasteiger partial charge on any atom is 0.229 e. The van der Waals surface area contributed by atoms with E-state index in [9.17, 15) is 9.59 Å². The van der Waals surface area contributed by atoms with Crippen LogP contribution in [0.25, 0.3) is 0 Å². The van der Waals surface area contributed by atoms with Crippen molar-refractivity contribution in [2.45, 2.75) is 20.3 Å². The van der Waals surface area contributed by atoms with Gasteiger partial charge < -0.3 is 25.6 Å². The number of nitrogens with zero attached hydrogens (tertiary/aromatic N) is 4. The molecular formula is C29H29N7O3. The van der Waals surface area contributed by atoms with Crippen molar-refractivity contribution in [3.8, 4) is 5.75 Å². The summed E-state index contributed by atoms with van der Waals surface area (Å²) >= 11 is 0. The standard InChI is InChI=1S/C29H29N7O3/c1-18-11-12-30-25(13-18)35-27-16-26(31-19(2)32-27)33-21-7-9-22(10-8-21)34-29(38)20-14-28(37)36(17-20)23-5-4-6-24(15-23)39-3/h4-13,15-16,20H,14,17H2,1-3H3,(H,34,38)(H2,30,31,32,33,35). The normalized spacial score (nSPS) is 14.7. The molecule has 39 heavy (non-hydrogen) atoms. The Kier molecular flexibility index (Phi) is 7.35. The fourth-order valence-corrected chi connectivity index (χ4v) is 4.37. The predicted molar refractivity (Wildman–Crippen MR) is 151 cm³/mol. The Labute approximate surface area is 226 Å². The van der Waals surface area contributed by atoms with E-state index in [4.69, 9.17) is 4.74 Å². The fraction of sp³-hybridized carbons (Fsp3) is 0.207. The summed E-state index contributed by atoms with van der Waals surface area (Å²) in [5.41, 5.74) is 3.26. The molecule has 1 aliphatic rings. The SMILES string of the molecule is COc1cccc(N2CC(C(=O)Nc3ccc(Nc4cc(Nc5cc(C)ccn5)nc(C)n4)cc3)CC2=O)c1. The lowest BCUT2D eigenvalue weighted by atomic mass is 10.1. The van der Waals surface area contributed by atoms with Crippen molar-refractivity contribution in [1.82, 2.24) is 15.0 Å². The third-order valence-electron chi connectivity index (χ3n) is 6.30. The molecule has 1 aliphatic heterocycles. The molecule has 5 rings (SSSR count). The molecule has 0 radical (unpaired) electrons. The summed E-state index contributed by atoms with van der Waals surface area (Å²) in [6, 6.07) is 20.3. The highest BCUT2D eigenvalue weighted by Crippen LogP contribution is 2.29. The van der Waals surface area contributed by atoms with E-state index in [2.05, 4.69) is 30.9 Å². The molecule has 1 fully saturated rings. The highest BCUT2D eigenvalue weighted by Gasteiger charge is 2.35. The van der Waals surface area contributed by atoms with Crippen molar-refractivity contribution in [2.75, 3.05) is 34.5 Å². The molecule has 198 valence electrons.